The van der Waals surface area contributed by atoms with Gasteiger partial charge in [-0.25, -0.2) is 9.97 Å². The summed E-state index contributed by atoms with van der Waals surface area (Å²) in [5, 5.41) is 7.31. The largest absolute Gasteiger partial charge is 0.356 e. The van der Waals surface area contributed by atoms with Crippen molar-refractivity contribution in [3.05, 3.63) is 34.0 Å². The van der Waals surface area contributed by atoms with E-state index in [4.69, 9.17) is 4.98 Å². The van der Waals surface area contributed by atoms with E-state index in [-0.39, 0.29) is 5.91 Å². The summed E-state index contributed by atoms with van der Waals surface area (Å²) in [5.74, 6) is 2.08. The third-order valence-electron chi connectivity index (χ3n) is 5.84. The fraction of sp³-hybridized carbons (Fsp3) is 0.600. The number of aromatic amines is 1. The van der Waals surface area contributed by atoms with Crippen molar-refractivity contribution in [3.8, 4) is 0 Å². The van der Waals surface area contributed by atoms with Crippen molar-refractivity contribution in [2.75, 3.05) is 24.5 Å². The van der Waals surface area contributed by atoms with Crippen LogP contribution in [0.1, 0.15) is 53.3 Å². The lowest BCUT2D eigenvalue weighted by Crippen LogP contribution is -2.38. The van der Waals surface area contributed by atoms with Crippen molar-refractivity contribution in [1.82, 2.24) is 25.1 Å². The SMILES string of the molecule is Cc1nc2c(c(N3CCCC3)n1)CCN(C(=O)CCc1n[nH]c(C)c1C)C2. The lowest BCUT2D eigenvalue weighted by Gasteiger charge is -2.31. The third-order valence-corrected chi connectivity index (χ3v) is 5.84. The first-order valence-electron chi connectivity index (χ1n) is 9.92. The number of hydrogen-bond acceptors (Lipinski definition) is 5. The average Bonchev–Trinajstić information content (AvgIpc) is 3.30. The highest BCUT2D eigenvalue weighted by Crippen LogP contribution is 2.29. The number of amides is 1. The lowest BCUT2D eigenvalue weighted by molar-refractivity contribution is -0.132. The van der Waals surface area contributed by atoms with Crippen molar-refractivity contribution >= 4 is 11.7 Å². The van der Waals surface area contributed by atoms with Crippen molar-refractivity contribution < 1.29 is 4.79 Å². The summed E-state index contributed by atoms with van der Waals surface area (Å²) in [5.41, 5.74) is 5.49. The predicted molar refractivity (Wildman–Crippen MR) is 104 cm³/mol. The zero-order chi connectivity index (χ0) is 19.0. The molecule has 0 saturated carbocycles. The molecule has 1 N–H and O–H groups in total. The smallest absolute Gasteiger partial charge is 0.223 e. The number of carbonyl (C=O) groups is 1. The predicted octanol–water partition coefficient (Wildman–Crippen LogP) is 2.24. The van der Waals surface area contributed by atoms with Crippen LogP contribution >= 0.6 is 0 Å². The second-order valence-electron chi connectivity index (χ2n) is 7.70. The fourth-order valence-electron chi connectivity index (χ4n) is 4.10. The van der Waals surface area contributed by atoms with Crippen molar-refractivity contribution in [1.29, 1.82) is 0 Å². The van der Waals surface area contributed by atoms with Gasteiger partial charge in [0.15, 0.2) is 0 Å². The molecule has 0 radical (unpaired) electrons. The summed E-state index contributed by atoms with van der Waals surface area (Å²) in [6.45, 7) is 9.50. The maximum Gasteiger partial charge on any atom is 0.223 e. The van der Waals surface area contributed by atoms with Crippen LogP contribution in [0.2, 0.25) is 0 Å². The molecule has 0 aliphatic carbocycles. The Morgan fingerprint density at radius 1 is 1.11 bits per heavy atom. The monoisotopic (exact) mass is 368 g/mol. The molecule has 7 heteroatoms. The highest BCUT2D eigenvalue weighted by molar-refractivity contribution is 5.77. The number of aromatic nitrogens is 4. The summed E-state index contributed by atoms with van der Waals surface area (Å²) in [4.78, 5) is 26.5. The lowest BCUT2D eigenvalue weighted by atomic mass is 10.0. The molecule has 1 fully saturated rings. The zero-order valence-corrected chi connectivity index (χ0v) is 16.5. The molecule has 144 valence electrons. The Hall–Kier alpha value is -2.44. The zero-order valence-electron chi connectivity index (χ0n) is 16.5. The molecule has 0 unspecified atom stereocenters. The summed E-state index contributed by atoms with van der Waals surface area (Å²) < 4.78 is 0. The maximum atomic E-state index is 12.8. The van der Waals surface area contributed by atoms with Gasteiger partial charge in [-0.15, -0.1) is 0 Å². The topological polar surface area (TPSA) is 78.0 Å². The van der Waals surface area contributed by atoms with Crippen LogP contribution in [0.4, 0.5) is 5.82 Å². The molecule has 27 heavy (non-hydrogen) atoms. The normalized spacial score (nSPS) is 16.7. The van der Waals surface area contributed by atoms with Crippen molar-refractivity contribution in [2.24, 2.45) is 0 Å². The second kappa shape index (κ2) is 7.29. The van der Waals surface area contributed by atoms with Gasteiger partial charge >= 0.3 is 0 Å². The van der Waals surface area contributed by atoms with Crippen LogP contribution < -0.4 is 4.90 Å². The van der Waals surface area contributed by atoms with Gasteiger partial charge in [0.25, 0.3) is 0 Å². The minimum Gasteiger partial charge on any atom is -0.356 e. The van der Waals surface area contributed by atoms with Crippen LogP contribution in [0.25, 0.3) is 0 Å². The van der Waals surface area contributed by atoms with Crippen molar-refractivity contribution in [3.63, 3.8) is 0 Å². The Morgan fingerprint density at radius 2 is 1.89 bits per heavy atom. The summed E-state index contributed by atoms with van der Waals surface area (Å²) in [6.07, 6.45) is 4.47. The minimum atomic E-state index is 0.180. The number of aryl methyl sites for hydroxylation is 3. The summed E-state index contributed by atoms with van der Waals surface area (Å²) >= 11 is 0. The molecule has 7 nitrogen and oxygen atoms in total. The number of rotatable bonds is 4. The van der Waals surface area contributed by atoms with E-state index in [0.717, 1.165) is 60.3 Å². The van der Waals surface area contributed by atoms with E-state index in [2.05, 4.69) is 27.0 Å². The highest BCUT2D eigenvalue weighted by atomic mass is 16.2. The van der Waals surface area contributed by atoms with Gasteiger partial charge in [-0.1, -0.05) is 0 Å². The first kappa shape index (κ1) is 17.9. The molecule has 2 aliphatic rings. The van der Waals surface area contributed by atoms with Crippen LogP contribution in [0.15, 0.2) is 0 Å². The van der Waals surface area contributed by atoms with Crippen LogP contribution in [0.3, 0.4) is 0 Å². The molecule has 1 saturated heterocycles. The molecular formula is C20H28N6O. The van der Waals surface area contributed by atoms with Crippen LogP contribution in [-0.4, -0.2) is 50.6 Å². The van der Waals surface area contributed by atoms with E-state index < -0.39 is 0 Å². The summed E-state index contributed by atoms with van der Waals surface area (Å²) in [6, 6.07) is 0. The number of H-pyrrole nitrogens is 1. The Morgan fingerprint density at radius 3 is 2.59 bits per heavy atom. The van der Waals surface area contributed by atoms with Gasteiger partial charge in [0.2, 0.25) is 5.91 Å². The molecular weight excluding hydrogens is 340 g/mol. The Kier molecular flexibility index (Phi) is 4.85. The highest BCUT2D eigenvalue weighted by Gasteiger charge is 2.27. The molecule has 0 atom stereocenters. The number of nitrogens with zero attached hydrogens (tertiary/aromatic N) is 5. The van der Waals surface area contributed by atoms with Gasteiger partial charge in [-0.3, -0.25) is 9.89 Å². The van der Waals surface area contributed by atoms with E-state index in [1.165, 1.54) is 18.4 Å². The van der Waals surface area contributed by atoms with E-state index in [1.807, 2.05) is 18.7 Å². The van der Waals surface area contributed by atoms with Crippen LogP contribution in [0.5, 0.6) is 0 Å². The molecule has 2 aromatic heterocycles. The molecule has 4 heterocycles. The summed E-state index contributed by atoms with van der Waals surface area (Å²) in [7, 11) is 0. The van der Waals surface area contributed by atoms with Crippen molar-refractivity contribution in [2.45, 2.75) is 59.4 Å². The number of nitrogens with one attached hydrogen (secondary N) is 1. The van der Waals surface area contributed by atoms with Gasteiger partial charge in [0.05, 0.1) is 17.9 Å². The van der Waals surface area contributed by atoms with E-state index >= 15 is 0 Å². The molecule has 0 bridgehead atoms. The van der Waals surface area contributed by atoms with Gasteiger partial charge < -0.3 is 9.80 Å². The van der Waals surface area contributed by atoms with Gasteiger partial charge in [-0.05, 0) is 45.6 Å². The first-order valence-corrected chi connectivity index (χ1v) is 9.92. The number of fused-ring (bicyclic) bond motifs is 1. The quantitative estimate of drug-likeness (QED) is 0.895. The Labute approximate surface area is 160 Å². The van der Waals surface area contributed by atoms with E-state index in [0.29, 0.717) is 19.4 Å². The van der Waals surface area contributed by atoms with E-state index in [9.17, 15) is 4.79 Å². The number of hydrogen-bond donors (Lipinski definition) is 1. The second-order valence-corrected chi connectivity index (χ2v) is 7.70. The molecule has 2 aromatic rings. The molecule has 1 amide bonds. The van der Waals surface area contributed by atoms with Gasteiger partial charge in [0.1, 0.15) is 11.6 Å². The number of anilines is 1. The fourth-order valence-corrected chi connectivity index (χ4v) is 4.10. The van der Waals surface area contributed by atoms with Gasteiger partial charge in [-0.2, -0.15) is 5.10 Å². The molecule has 2 aliphatic heterocycles. The Bertz CT molecular complexity index is 852. The first-order chi connectivity index (χ1) is 13.0. The Balaban J connectivity index is 1.46. The molecule has 0 aromatic carbocycles. The third kappa shape index (κ3) is 3.55. The minimum absolute atomic E-state index is 0.180. The van der Waals surface area contributed by atoms with Crippen LogP contribution in [0, 0.1) is 20.8 Å². The maximum absolute atomic E-state index is 12.8. The van der Waals surface area contributed by atoms with E-state index in [1.54, 1.807) is 0 Å². The standard InChI is InChI=1S/C20H28N6O/c1-13-14(2)23-24-17(13)6-7-19(27)26-11-8-16-18(12-26)21-15(3)22-20(16)25-9-4-5-10-25/h4-12H2,1-3H3,(H,23,24). The number of carbonyl (C=O) groups excluding carboxylic acids is 1. The molecule has 0 spiro atoms. The average molecular weight is 368 g/mol. The van der Waals surface area contributed by atoms with Crippen LogP contribution in [-0.2, 0) is 24.2 Å². The molecule has 4 rings (SSSR count). The van der Waals surface area contributed by atoms with Gasteiger partial charge in [0, 0.05) is 43.7 Å².